The molecule has 0 fully saturated rings. The molecule has 2 rings (SSSR count). The van der Waals surface area contributed by atoms with E-state index in [1.807, 2.05) is 37.3 Å². The van der Waals surface area contributed by atoms with Crippen molar-refractivity contribution < 1.29 is 9.21 Å². The molecule has 0 radical (unpaired) electrons. The van der Waals surface area contributed by atoms with Crippen molar-refractivity contribution in [3.63, 3.8) is 0 Å². The minimum absolute atomic E-state index is 0.158. The SMILES string of the molecule is CCc1ccc(C(=O)N(C)c2cccc(CN)c2)o1. The van der Waals surface area contributed by atoms with Crippen molar-refractivity contribution in [1.82, 2.24) is 0 Å². The zero-order chi connectivity index (χ0) is 13.8. The number of furan rings is 1. The van der Waals surface area contributed by atoms with Gasteiger partial charge in [0.15, 0.2) is 5.76 Å². The predicted octanol–water partition coefficient (Wildman–Crippen LogP) is 2.58. The van der Waals surface area contributed by atoms with Crippen LogP contribution in [-0.4, -0.2) is 13.0 Å². The van der Waals surface area contributed by atoms with E-state index in [9.17, 15) is 4.79 Å². The van der Waals surface area contributed by atoms with E-state index in [-0.39, 0.29) is 5.91 Å². The monoisotopic (exact) mass is 258 g/mol. The van der Waals surface area contributed by atoms with E-state index < -0.39 is 0 Å². The molecule has 100 valence electrons. The van der Waals surface area contributed by atoms with Crippen molar-refractivity contribution in [2.75, 3.05) is 11.9 Å². The topological polar surface area (TPSA) is 59.5 Å². The molecule has 19 heavy (non-hydrogen) atoms. The number of anilines is 1. The fourth-order valence-corrected chi connectivity index (χ4v) is 1.86. The Morgan fingerprint density at radius 1 is 1.32 bits per heavy atom. The van der Waals surface area contributed by atoms with E-state index in [1.54, 1.807) is 18.0 Å². The molecular weight excluding hydrogens is 240 g/mol. The molecule has 0 aliphatic rings. The van der Waals surface area contributed by atoms with Crippen molar-refractivity contribution in [3.8, 4) is 0 Å². The van der Waals surface area contributed by atoms with Gasteiger partial charge in [0.2, 0.25) is 0 Å². The molecule has 0 saturated heterocycles. The third-order valence-corrected chi connectivity index (χ3v) is 3.06. The highest BCUT2D eigenvalue weighted by Gasteiger charge is 2.17. The summed E-state index contributed by atoms with van der Waals surface area (Å²) in [5, 5.41) is 0. The number of amides is 1. The third kappa shape index (κ3) is 2.85. The van der Waals surface area contributed by atoms with Gasteiger partial charge in [-0.15, -0.1) is 0 Å². The lowest BCUT2D eigenvalue weighted by Gasteiger charge is -2.16. The van der Waals surface area contributed by atoms with E-state index in [4.69, 9.17) is 10.2 Å². The molecule has 1 aromatic carbocycles. The Kier molecular flexibility index (Phi) is 4.02. The van der Waals surface area contributed by atoms with Gasteiger partial charge >= 0.3 is 0 Å². The number of nitrogens with two attached hydrogens (primary N) is 1. The maximum absolute atomic E-state index is 12.3. The summed E-state index contributed by atoms with van der Waals surface area (Å²) >= 11 is 0. The van der Waals surface area contributed by atoms with Crippen LogP contribution in [0.5, 0.6) is 0 Å². The zero-order valence-electron chi connectivity index (χ0n) is 11.2. The summed E-state index contributed by atoms with van der Waals surface area (Å²) in [4.78, 5) is 13.8. The van der Waals surface area contributed by atoms with Crippen LogP contribution >= 0.6 is 0 Å². The Hall–Kier alpha value is -2.07. The molecular formula is C15H18N2O2. The smallest absolute Gasteiger partial charge is 0.293 e. The molecule has 0 spiro atoms. The van der Waals surface area contributed by atoms with Crippen molar-refractivity contribution >= 4 is 11.6 Å². The van der Waals surface area contributed by atoms with Gasteiger partial charge in [0.25, 0.3) is 5.91 Å². The van der Waals surface area contributed by atoms with E-state index >= 15 is 0 Å². The number of hydrogen-bond donors (Lipinski definition) is 1. The van der Waals surface area contributed by atoms with Crippen molar-refractivity contribution in [2.24, 2.45) is 5.73 Å². The van der Waals surface area contributed by atoms with Crippen LogP contribution in [0, 0.1) is 0 Å². The fourth-order valence-electron chi connectivity index (χ4n) is 1.86. The molecule has 2 N–H and O–H groups in total. The maximum atomic E-state index is 12.3. The minimum Gasteiger partial charge on any atom is -0.456 e. The van der Waals surface area contributed by atoms with Crippen molar-refractivity contribution in [2.45, 2.75) is 19.9 Å². The molecule has 0 saturated carbocycles. The van der Waals surface area contributed by atoms with E-state index in [0.717, 1.165) is 23.4 Å². The van der Waals surface area contributed by atoms with Gasteiger partial charge in [0.1, 0.15) is 5.76 Å². The van der Waals surface area contributed by atoms with Crippen LogP contribution < -0.4 is 10.6 Å². The van der Waals surface area contributed by atoms with Crippen LogP contribution in [0.2, 0.25) is 0 Å². The van der Waals surface area contributed by atoms with Gasteiger partial charge in [-0.3, -0.25) is 4.79 Å². The molecule has 1 heterocycles. The highest BCUT2D eigenvalue weighted by molar-refractivity contribution is 6.03. The summed E-state index contributed by atoms with van der Waals surface area (Å²) in [5.74, 6) is 1.01. The number of carbonyl (C=O) groups excluding carboxylic acids is 1. The summed E-state index contributed by atoms with van der Waals surface area (Å²) in [6, 6.07) is 11.1. The first-order valence-corrected chi connectivity index (χ1v) is 6.31. The Morgan fingerprint density at radius 2 is 2.11 bits per heavy atom. The van der Waals surface area contributed by atoms with Crippen molar-refractivity contribution in [3.05, 3.63) is 53.5 Å². The molecule has 4 nitrogen and oxygen atoms in total. The number of hydrogen-bond acceptors (Lipinski definition) is 3. The molecule has 1 amide bonds. The van der Waals surface area contributed by atoms with Crippen LogP contribution in [0.25, 0.3) is 0 Å². The molecule has 2 aromatic rings. The van der Waals surface area contributed by atoms with Crippen molar-refractivity contribution in [1.29, 1.82) is 0 Å². The fraction of sp³-hybridized carbons (Fsp3) is 0.267. The van der Waals surface area contributed by atoms with Gasteiger partial charge in [-0.05, 0) is 29.8 Å². The zero-order valence-corrected chi connectivity index (χ0v) is 11.2. The number of benzene rings is 1. The Morgan fingerprint density at radius 3 is 2.74 bits per heavy atom. The van der Waals surface area contributed by atoms with Crippen LogP contribution in [0.4, 0.5) is 5.69 Å². The molecule has 0 aliphatic carbocycles. The van der Waals surface area contributed by atoms with E-state index in [2.05, 4.69) is 0 Å². The first kappa shape index (κ1) is 13.4. The summed E-state index contributed by atoms with van der Waals surface area (Å²) in [7, 11) is 1.73. The average molecular weight is 258 g/mol. The van der Waals surface area contributed by atoms with Crippen LogP contribution in [0.3, 0.4) is 0 Å². The largest absolute Gasteiger partial charge is 0.456 e. The second-order valence-electron chi connectivity index (χ2n) is 4.36. The second-order valence-corrected chi connectivity index (χ2v) is 4.36. The summed E-state index contributed by atoms with van der Waals surface area (Å²) in [5.41, 5.74) is 7.40. The number of nitrogens with zero attached hydrogens (tertiary/aromatic N) is 1. The molecule has 0 bridgehead atoms. The van der Waals surface area contributed by atoms with Crippen LogP contribution in [0.15, 0.2) is 40.8 Å². The third-order valence-electron chi connectivity index (χ3n) is 3.06. The lowest BCUT2D eigenvalue weighted by molar-refractivity contribution is 0.0965. The van der Waals surface area contributed by atoms with Gasteiger partial charge in [0, 0.05) is 25.7 Å². The average Bonchev–Trinajstić information content (AvgIpc) is 2.94. The Labute approximate surface area is 112 Å². The predicted molar refractivity (Wildman–Crippen MR) is 75.2 cm³/mol. The molecule has 0 unspecified atom stereocenters. The minimum atomic E-state index is -0.158. The highest BCUT2D eigenvalue weighted by atomic mass is 16.4. The first-order valence-electron chi connectivity index (χ1n) is 6.31. The number of carbonyl (C=O) groups is 1. The van der Waals surface area contributed by atoms with Crippen LogP contribution in [0.1, 0.15) is 28.8 Å². The summed E-state index contributed by atoms with van der Waals surface area (Å²) in [6.45, 7) is 2.44. The summed E-state index contributed by atoms with van der Waals surface area (Å²) < 4.78 is 5.48. The Bertz CT molecular complexity index is 575. The van der Waals surface area contributed by atoms with Gasteiger partial charge < -0.3 is 15.1 Å². The molecule has 0 aliphatic heterocycles. The lowest BCUT2D eigenvalue weighted by Crippen LogP contribution is -2.25. The van der Waals surface area contributed by atoms with E-state index in [1.165, 1.54) is 0 Å². The van der Waals surface area contributed by atoms with Crippen LogP contribution in [-0.2, 0) is 13.0 Å². The van der Waals surface area contributed by atoms with E-state index in [0.29, 0.717) is 12.3 Å². The number of aryl methyl sites for hydroxylation is 1. The van der Waals surface area contributed by atoms with Gasteiger partial charge in [-0.25, -0.2) is 0 Å². The lowest BCUT2D eigenvalue weighted by atomic mass is 10.2. The first-order chi connectivity index (χ1) is 9.15. The second kappa shape index (κ2) is 5.71. The Balaban J connectivity index is 2.22. The van der Waals surface area contributed by atoms with Gasteiger partial charge in [-0.2, -0.15) is 0 Å². The van der Waals surface area contributed by atoms with Gasteiger partial charge in [0.05, 0.1) is 0 Å². The normalized spacial score (nSPS) is 10.5. The highest BCUT2D eigenvalue weighted by Crippen LogP contribution is 2.18. The molecule has 0 atom stereocenters. The molecule has 4 heteroatoms. The quantitative estimate of drug-likeness (QED) is 0.917. The number of rotatable bonds is 4. The standard InChI is InChI=1S/C15H18N2O2/c1-3-13-7-8-14(19-13)15(18)17(2)12-6-4-5-11(9-12)10-16/h4-9H,3,10,16H2,1-2H3. The maximum Gasteiger partial charge on any atom is 0.293 e. The summed E-state index contributed by atoms with van der Waals surface area (Å²) in [6.07, 6.45) is 0.777. The van der Waals surface area contributed by atoms with Gasteiger partial charge in [-0.1, -0.05) is 19.1 Å². The molecule has 1 aromatic heterocycles.